The van der Waals surface area contributed by atoms with Crippen LogP contribution in [0.3, 0.4) is 0 Å². The molecule has 1 fully saturated rings. The van der Waals surface area contributed by atoms with Crippen molar-refractivity contribution in [1.82, 2.24) is 9.88 Å². The van der Waals surface area contributed by atoms with Crippen LogP contribution in [0.2, 0.25) is 0 Å². The van der Waals surface area contributed by atoms with Crippen LogP contribution in [-0.2, 0) is 6.54 Å². The lowest BCUT2D eigenvalue weighted by Gasteiger charge is -2.20. The Labute approximate surface area is 142 Å². The summed E-state index contributed by atoms with van der Waals surface area (Å²) in [5, 5.41) is 6.22. The SMILES string of the molecule is Cc1cnc(CNc2ccc(NC(=O)N3CCCCCC3)cc2)o1. The van der Waals surface area contributed by atoms with Gasteiger partial charge in [-0.25, -0.2) is 9.78 Å². The molecular formula is C18H24N4O2. The largest absolute Gasteiger partial charge is 0.444 e. The molecule has 2 N–H and O–H groups in total. The standard InChI is InChI=1S/C18H24N4O2/c1-14-12-20-17(24-14)13-19-15-6-8-16(9-7-15)21-18(23)22-10-4-2-3-5-11-22/h6-9,12,19H,2-5,10-11,13H2,1H3,(H,21,23). The van der Waals surface area contributed by atoms with E-state index in [0.29, 0.717) is 12.4 Å². The van der Waals surface area contributed by atoms with Crippen molar-refractivity contribution in [3.8, 4) is 0 Å². The Balaban J connectivity index is 1.51. The van der Waals surface area contributed by atoms with Gasteiger partial charge in [0, 0.05) is 24.5 Å². The minimum absolute atomic E-state index is 0.00660. The van der Waals surface area contributed by atoms with Crippen LogP contribution in [0.25, 0.3) is 0 Å². The molecule has 1 aromatic heterocycles. The quantitative estimate of drug-likeness (QED) is 0.890. The molecule has 0 unspecified atom stereocenters. The number of aryl methyl sites for hydroxylation is 1. The summed E-state index contributed by atoms with van der Waals surface area (Å²) in [7, 11) is 0. The van der Waals surface area contributed by atoms with Crippen LogP contribution in [0, 0.1) is 6.92 Å². The number of amides is 2. The van der Waals surface area contributed by atoms with Crippen molar-refractivity contribution in [2.45, 2.75) is 39.2 Å². The maximum absolute atomic E-state index is 12.3. The third kappa shape index (κ3) is 4.50. The van der Waals surface area contributed by atoms with Crippen LogP contribution in [0.4, 0.5) is 16.2 Å². The Kier molecular flexibility index (Phi) is 5.36. The Bertz CT molecular complexity index is 658. The lowest BCUT2D eigenvalue weighted by Crippen LogP contribution is -2.35. The summed E-state index contributed by atoms with van der Waals surface area (Å²) >= 11 is 0. The predicted octanol–water partition coefficient (Wildman–Crippen LogP) is 4.00. The summed E-state index contributed by atoms with van der Waals surface area (Å²) in [6.45, 7) is 4.10. The third-order valence-electron chi connectivity index (χ3n) is 4.14. The van der Waals surface area contributed by atoms with Gasteiger partial charge in [-0.2, -0.15) is 0 Å². The highest BCUT2D eigenvalue weighted by Crippen LogP contribution is 2.16. The zero-order valence-corrected chi connectivity index (χ0v) is 14.0. The van der Waals surface area contributed by atoms with E-state index in [1.54, 1.807) is 6.20 Å². The second-order valence-electron chi connectivity index (χ2n) is 6.13. The van der Waals surface area contributed by atoms with Crippen LogP contribution in [0.1, 0.15) is 37.3 Å². The molecule has 0 aliphatic carbocycles. The molecule has 0 spiro atoms. The maximum atomic E-state index is 12.3. The number of benzene rings is 1. The van der Waals surface area contributed by atoms with Gasteiger partial charge in [0.2, 0.25) is 5.89 Å². The predicted molar refractivity (Wildman–Crippen MR) is 94.1 cm³/mol. The molecule has 1 saturated heterocycles. The molecule has 128 valence electrons. The zero-order valence-electron chi connectivity index (χ0n) is 14.0. The molecule has 1 aromatic carbocycles. The van der Waals surface area contributed by atoms with Crippen molar-refractivity contribution in [1.29, 1.82) is 0 Å². The van der Waals surface area contributed by atoms with Gasteiger partial charge in [0.05, 0.1) is 12.7 Å². The molecule has 2 heterocycles. The van der Waals surface area contributed by atoms with E-state index in [9.17, 15) is 4.79 Å². The summed E-state index contributed by atoms with van der Waals surface area (Å²) < 4.78 is 5.42. The van der Waals surface area contributed by atoms with E-state index in [4.69, 9.17) is 4.42 Å². The minimum atomic E-state index is -0.00660. The number of anilines is 2. The van der Waals surface area contributed by atoms with Gasteiger partial charge in [-0.15, -0.1) is 0 Å². The molecule has 6 heteroatoms. The number of aromatic nitrogens is 1. The minimum Gasteiger partial charge on any atom is -0.444 e. The lowest BCUT2D eigenvalue weighted by atomic mass is 10.2. The number of rotatable bonds is 4. The fraction of sp³-hybridized carbons (Fsp3) is 0.444. The fourth-order valence-electron chi connectivity index (χ4n) is 2.81. The molecule has 1 aliphatic rings. The number of nitrogens with one attached hydrogen (secondary N) is 2. The lowest BCUT2D eigenvalue weighted by molar-refractivity contribution is 0.214. The van der Waals surface area contributed by atoms with Crippen molar-refractivity contribution < 1.29 is 9.21 Å². The van der Waals surface area contributed by atoms with Gasteiger partial charge >= 0.3 is 6.03 Å². The van der Waals surface area contributed by atoms with Crippen LogP contribution in [0.5, 0.6) is 0 Å². The summed E-state index contributed by atoms with van der Waals surface area (Å²) in [6, 6.07) is 7.67. The maximum Gasteiger partial charge on any atom is 0.321 e. The van der Waals surface area contributed by atoms with E-state index < -0.39 is 0 Å². The first-order valence-electron chi connectivity index (χ1n) is 8.52. The fourth-order valence-corrected chi connectivity index (χ4v) is 2.81. The van der Waals surface area contributed by atoms with Crippen molar-refractivity contribution in [3.05, 3.63) is 42.1 Å². The van der Waals surface area contributed by atoms with E-state index in [-0.39, 0.29) is 6.03 Å². The first-order chi connectivity index (χ1) is 11.7. The van der Waals surface area contributed by atoms with Crippen molar-refractivity contribution in [2.24, 2.45) is 0 Å². The number of hydrogen-bond donors (Lipinski definition) is 2. The van der Waals surface area contributed by atoms with E-state index in [1.807, 2.05) is 36.1 Å². The second-order valence-corrected chi connectivity index (χ2v) is 6.13. The monoisotopic (exact) mass is 328 g/mol. The van der Waals surface area contributed by atoms with E-state index >= 15 is 0 Å². The third-order valence-corrected chi connectivity index (χ3v) is 4.14. The number of likely N-dealkylation sites (tertiary alicyclic amines) is 1. The smallest absolute Gasteiger partial charge is 0.321 e. The Morgan fingerprint density at radius 3 is 2.42 bits per heavy atom. The summed E-state index contributed by atoms with van der Waals surface area (Å²) in [6.07, 6.45) is 6.33. The Morgan fingerprint density at radius 1 is 1.12 bits per heavy atom. The number of hydrogen-bond acceptors (Lipinski definition) is 4. The van der Waals surface area contributed by atoms with Gasteiger partial charge in [0.15, 0.2) is 0 Å². The highest BCUT2D eigenvalue weighted by molar-refractivity contribution is 5.89. The van der Waals surface area contributed by atoms with E-state index in [0.717, 1.165) is 43.1 Å². The molecule has 0 radical (unpaired) electrons. The van der Waals surface area contributed by atoms with Gasteiger partial charge in [-0.05, 0) is 44.0 Å². The van der Waals surface area contributed by atoms with Crippen LogP contribution in [-0.4, -0.2) is 29.0 Å². The first kappa shape index (κ1) is 16.4. The molecule has 6 nitrogen and oxygen atoms in total. The Morgan fingerprint density at radius 2 is 1.79 bits per heavy atom. The van der Waals surface area contributed by atoms with E-state index in [2.05, 4.69) is 15.6 Å². The average molecular weight is 328 g/mol. The molecule has 2 aromatic rings. The van der Waals surface area contributed by atoms with Gasteiger partial charge in [-0.1, -0.05) is 12.8 Å². The highest BCUT2D eigenvalue weighted by Gasteiger charge is 2.15. The second kappa shape index (κ2) is 7.86. The normalized spacial score (nSPS) is 15.0. The molecule has 2 amide bonds. The van der Waals surface area contributed by atoms with Gasteiger partial charge < -0.3 is 20.0 Å². The van der Waals surface area contributed by atoms with Crippen molar-refractivity contribution >= 4 is 17.4 Å². The highest BCUT2D eigenvalue weighted by atomic mass is 16.4. The Hall–Kier alpha value is -2.50. The molecule has 24 heavy (non-hydrogen) atoms. The summed E-state index contributed by atoms with van der Waals surface area (Å²) in [4.78, 5) is 18.4. The van der Waals surface area contributed by atoms with Gasteiger partial charge in [-0.3, -0.25) is 0 Å². The molecule has 1 aliphatic heterocycles. The molecule has 0 bridgehead atoms. The molecule has 0 atom stereocenters. The number of nitrogens with zero attached hydrogens (tertiary/aromatic N) is 2. The number of urea groups is 1. The van der Waals surface area contributed by atoms with E-state index in [1.165, 1.54) is 12.8 Å². The van der Waals surface area contributed by atoms with Crippen molar-refractivity contribution in [2.75, 3.05) is 23.7 Å². The molecule has 0 saturated carbocycles. The van der Waals surface area contributed by atoms with Crippen LogP contribution in [0.15, 0.2) is 34.9 Å². The average Bonchev–Trinajstić information content (AvgIpc) is 2.84. The number of carbonyl (C=O) groups is 1. The topological polar surface area (TPSA) is 70.4 Å². The summed E-state index contributed by atoms with van der Waals surface area (Å²) in [5.41, 5.74) is 1.76. The molecular weight excluding hydrogens is 304 g/mol. The van der Waals surface area contributed by atoms with Crippen LogP contribution < -0.4 is 10.6 Å². The first-order valence-corrected chi connectivity index (χ1v) is 8.52. The van der Waals surface area contributed by atoms with Crippen molar-refractivity contribution in [3.63, 3.8) is 0 Å². The number of oxazole rings is 1. The number of carbonyl (C=O) groups excluding carboxylic acids is 1. The zero-order chi connectivity index (χ0) is 16.8. The summed E-state index contributed by atoms with van der Waals surface area (Å²) in [5.74, 6) is 1.46. The van der Waals surface area contributed by atoms with Crippen LogP contribution >= 0.6 is 0 Å². The van der Waals surface area contributed by atoms with Gasteiger partial charge in [0.1, 0.15) is 5.76 Å². The molecule has 3 rings (SSSR count). The van der Waals surface area contributed by atoms with Gasteiger partial charge in [0.25, 0.3) is 0 Å².